The minimum absolute atomic E-state index is 0.0620. The highest BCUT2D eigenvalue weighted by Crippen LogP contribution is 2.25. The van der Waals surface area contributed by atoms with Crippen molar-refractivity contribution >= 4 is 52.2 Å². The Morgan fingerprint density at radius 3 is 1.26 bits per heavy atom. The van der Waals surface area contributed by atoms with Crippen molar-refractivity contribution in [2.24, 2.45) is 5.11 Å². The van der Waals surface area contributed by atoms with Gasteiger partial charge in [0.15, 0.2) is 11.6 Å². The van der Waals surface area contributed by atoms with Crippen molar-refractivity contribution in [1.29, 1.82) is 0 Å². The molecule has 0 amide bonds. The SMILES string of the molecule is CCC/C=C\C[C@H](CC/C=C/c1cc(C)cc(C)c1C(=O)OCC[Si](C)(C)C)OC(C)(C)O.Cc1cc(C)c(C(=O)OCC[Si](C)(C)C)c(/C=C/CC[C@@H](C/C=C\CCN=[N+]=[N-])OC(C)(C)O)c1.O=C(O)c1ccccc1.O=C(O)c1ccccc1. The van der Waals surface area contributed by atoms with E-state index in [1.54, 1.807) is 88.4 Å². The second-order valence-corrected chi connectivity index (χ2v) is 35.8. The highest BCUT2D eigenvalue weighted by Gasteiger charge is 2.23. The maximum Gasteiger partial charge on any atom is 0.338 e. The van der Waals surface area contributed by atoms with Crippen molar-refractivity contribution in [1.82, 2.24) is 0 Å². The summed E-state index contributed by atoms with van der Waals surface area (Å²) in [5.74, 6) is -4.66. The number of carbonyl (C=O) groups is 4. The van der Waals surface area contributed by atoms with Gasteiger partial charge in [0.05, 0.1) is 47.7 Å². The van der Waals surface area contributed by atoms with Gasteiger partial charge in [0, 0.05) is 27.6 Å². The fourth-order valence-corrected chi connectivity index (χ4v) is 9.78. The normalized spacial score (nSPS) is 12.5. The maximum absolute atomic E-state index is 12.9. The molecule has 0 unspecified atom stereocenters. The number of nitrogens with zero attached hydrogens (tertiary/aromatic N) is 3. The summed E-state index contributed by atoms with van der Waals surface area (Å²) in [7, 11) is -2.53. The second kappa shape index (κ2) is 40.6. The Morgan fingerprint density at radius 2 is 0.942 bits per heavy atom. The molecule has 86 heavy (non-hydrogen) atoms. The minimum atomic E-state index is -1.28. The number of unbranched alkanes of at least 4 members (excludes halogenated alkanes) is 1. The number of allylic oxidation sites excluding steroid dienone is 3. The average Bonchev–Trinajstić information content (AvgIpc) is 1.50. The maximum atomic E-state index is 12.9. The number of aliphatic hydroxyl groups is 2. The first-order valence-corrected chi connectivity index (χ1v) is 37.2. The van der Waals surface area contributed by atoms with Gasteiger partial charge in [0.1, 0.15) is 0 Å². The van der Waals surface area contributed by atoms with E-state index in [2.05, 4.69) is 74.5 Å². The molecular formula is C69H101N3O12Si2. The zero-order valence-electron chi connectivity index (χ0n) is 54.2. The van der Waals surface area contributed by atoms with Crippen LogP contribution in [0.25, 0.3) is 22.6 Å². The van der Waals surface area contributed by atoms with Crippen molar-refractivity contribution < 1.29 is 58.6 Å². The molecule has 0 saturated carbocycles. The van der Waals surface area contributed by atoms with Crippen molar-refractivity contribution in [3.05, 3.63) is 187 Å². The van der Waals surface area contributed by atoms with E-state index in [-0.39, 0.29) is 24.1 Å². The molecule has 0 aliphatic rings. The molecule has 2 atom stereocenters. The molecule has 0 aliphatic carbocycles. The molecule has 0 saturated heterocycles. The predicted octanol–water partition coefficient (Wildman–Crippen LogP) is 17.6. The van der Waals surface area contributed by atoms with E-state index in [4.69, 9.17) is 34.7 Å². The Kier molecular flexibility index (Phi) is 36.5. The van der Waals surface area contributed by atoms with E-state index in [0.29, 0.717) is 61.3 Å². The van der Waals surface area contributed by atoms with Crippen LogP contribution in [0.2, 0.25) is 51.4 Å². The zero-order valence-corrected chi connectivity index (χ0v) is 56.2. The van der Waals surface area contributed by atoms with Gasteiger partial charge in [-0.15, -0.1) is 0 Å². The predicted molar refractivity (Wildman–Crippen MR) is 355 cm³/mol. The summed E-state index contributed by atoms with van der Waals surface area (Å²) >= 11 is 0. The molecule has 0 bridgehead atoms. The zero-order chi connectivity index (χ0) is 64.9. The lowest BCUT2D eigenvalue weighted by molar-refractivity contribution is -0.206. The molecule has 0 aliphatic heterocycles. The Bertz CT molecular complexity index is 2790. The van der Waals surface area contributed by atoms with E-state index in [1.165, 1.54) is 0 Å². The number of carbonyl (C=O) groups excluding carboxylic acids is 2. The number of ether oxygens (including phenoxy) is 4. The van der Waals surface area contributed by atoms with Gasteiger partial charge >= 0.3 is 23.9 Å². The van der Waals surface area contributed by atoms with E-state index in [9.17, 15) is 29.4 Å². The first kappa shape index (κ1) is 77.3. The largest absolute Gasteiger partial charge is 0.478 e. The van der Waals surface area contributed by atoms with Crippen LogP contribution in [0.15, 0.2) is 126 Å². The van der Waals surface area contributed by atoms with Gasteiger partial charge in [-0.05, 0) is 171 Å². The summed E-state index contributed by atoms with van der Waals surface area (Å²) in [5, 5.41) is 40.5. The van der Waals surface area contributed by atoms with Gasteiger partial charge in [-0.1, -0.05) is 178 Å². The van der Waals surface area contributed by atoms with Gasteiger partial charge < -0.3 is 39.4 Å². The fraction of sp³-hybridized carbons (Fsp3) is 0.478. The number of azide groups is 1. The van der Waals surface area contributed by atoms with Crippen molar-refractivity contribution in [2.45, 2.75) is 195 Å². The van der Waals surface area contributed by atoms with Crippen LogP contribution in [0, 0.1) is 27.7 Å². The third kappa shape index (κ3) is 37.7. The highest BCUT2D eigenvalue weighted by molar-refractivity contribution is 6.76. The molecule has 0 heterocycles. The quantitative estimate of drug-likeness (QED) is 0.00538. The third-order valence-electron chi connectivity index (χ3n) is 12.5. The second-order valence-electron chi connectivity index (χ2n) is 24.6. The van der Waals surface area contributed by atoms with E-state index < -0.39 is 39.7 Å². The molecule has 4 rings (SSSR count). The molecule has 4 N–H and O–H groups in total. The first-order chi connectivity index (χ1) is 40.3. The lowest BCUT2D eigenvalue weighted by Gasteiger charge is -2.25. The summed E-state index contributed by atoms with van der Waals surface area (Å²) in [4.78, 5) is 48.9. The highest BCUT2D eigenvalue weighted by atomic mass is 28.3. The fourth-order valence-electron chi connectivity index (χ4n) is 8.35. The average molecular weight is 1220 g/mol. The summed E-state index contributed by atoms with van der Waals surface area (Å²) in [6.45, 7) is 31.7. The molecule has 0 radical (unpaired) electrons. The number of hydrogen-bond donors (Lipinski definition) is 4. The Morgan fingerprint density at radius 1 is 0.570 bits per heavy atom. The Labute approximate surface area is 515 Å². The smallest absolute Gasteiger partial charge is 0.338 e. The van der Waals surface area contributed by atoms with Crippen LogP contribution in [0.4, 0.5) is 0 Å². The molecular weight excluding hydrogens is 1120 g/mol. The lowest BCUT2D eigenvalue weighted by atomic mass is 9.98. The summed E-state index contributed by atoms with van der Waals surface area (Å²) in [5.41, 5.74) is 16.1. The third-order valence-corrected chi connectivity index (χ3v) is 15.9. The molecule has 4 aromatic carbocycles. The van der Waals surface area contributed by atoms with E-state index in [1.807, 2.05) is 82.3 Å². The van der Waals surface area contributed by atoms with Crippen LogP contribution in [0.3, 0.4) is 0 Å². The van der Waals surface area contributed by atoms with Gasteiger partial charge in [-0.3, -0.25) is 0 Å². The molecule has 0 spiro atoms. The van der Waals surface area contributed by atoms with E-state index >= 15 is 0 Å². The Balaban J connectivity index is 0.000000663. The Hall–Kier alpha value is -6.70. The lowest BCUT2D eigenvalue weighted by Crippen LogP contribution is -2.29. The number of aromatic carboxylic acids is 2. The van der Waals surface area contributed by atoms with E-state index in [0.717, 1.165) is 84.0 Å². The standard InChI is InChI=1S/C28H46O4Si.C27H43N3O4Si.2C7H6O2/c1-9-10-11-12-16-25(32-28(4,5)30)17-14-13-15-24-21-22(2)20-23(3)26(24)27(29)31-18-19-33(6,7)8;1-21-19-22(2)25(26(31)33-17-18-35(5,6)7)23(20-21)13-10-11-15-24(34-27(3,4)32)14-9-8-12-16-29-30-28;2*8-7(9)6-4-2-1-3-5-6/h11-13,15,20-21,25,30H,9-10,14,16-19H2,1-8H3;8-10,13,19-20,24,32H,11-12,14-18H2,1-7H3;2*1-5H,(H,8,9)/b12-11-,15-13+;9-8-,13-10+;;/t25-;24-;;/m11../s1. The number of esters is 2. The van der Waals surface area contributed by atoms with Crippen molar-refractivity contribution in [3.8, 4) is 0 Å². The van der Waals surface area contributed by atoms with Crippen LogP contribution in [-0.4, -0.2) is 104 Å². The molecule has 0 aromatic heterocycles. The molecule has 0 fully saturated rings. The van der Waals surface area contributed by atoms with Crippen LogP contribution < -0.4 is 0 Å². The van der Waals surface area contributed by atoms with Gasteiger partial charge in [0.2, 0.25) is 0 Å². The number of carboxylic acid groups (broad SMARTS) is 2. The minimum Gasteiger partial charge on any atom is -0.478 e. The number of benzene rings is 4. The van der Waals surface area contributed by atoms with Crippen molar-refractivity contribution in [3.63, 3.8) is 0 Å². The molecule has 17 heteroatoms. The number of carboxylic acids is 2. The van der Waals surface area contributed by atoms with Crippen LogP contribution in [0.5, 0.6) is 0 Å². The summed E-state index contributed by atoms with van der Waals surface area (Å²) < 4.78 is 22.9. The number of hydrogen-bond acceptors (Lipinski definition) is 11. The number of aryl methyl sites for hydroxylation is 4. The topological polar surface area (TPSA) is 235 Å². The van der Waals surface area contributed by atoms with Gasteiger partial charge in [-0.25, -0.2) is 19.2 Å². The summed E-state index contributed by atoms with van der Waals surface area (Å²) in [6.07, 6.45) is 23.4. The van der Waals surface area contributed by atoms with Crippen LogP contribution in [-0.2, 0) is 18.9 Å². The monoisotopic (exact) mass is 1220 g/mol. The first-order valence-electron chi connectivity index (χ1n) is 29.8. The number of rotatable bonds is 31. The van der Waals surface area contributed by atoms with Gasteiger partial charge in [0.25, 0.3) is 0 Å². The van der Waals surface area contributed by atoms with Crippen LogP contribution >= 0.6 is 0 Å². The molecule has 15 nitrogen and oxygen atoms in total. The molecule has 4 aromatic rings. The molecule has 472 valence electrons. The van der Waals surface area contributed by atoms with Gasteiger partial charge in [-0.2, -0.15) is 0 Å². The van der Waals surface area contributed by atoms with Crippen LogP contribution in [0.1, 0.15) is 167 Å². The summed E-state index contributed by atoms with van der Waals surface area (Å²) in [6, 6.07) is 26.6. The van der Waals surface area contributed by atoms with Crippen molar-refractivity contribution in [2.75, 3.05) is 19.8 Å².